The van der Waals surface area contributed by atoms with Crippen LogP contribution in [-0.4, -0.2) is 25.0 Å². The maximum atomic E-state index is 11.6. The predicted octanol–water partition coefficient (Wildman–Crippen LogP) is 2.22. The van der Waals surface area contributed by atoms with Crippen molar-refractivity contribution in [1.82, 2.24) is 10.6 Å². The molecule has 0 aliphatic heterocycles. The van der Waals surface area contributed by atoms with Crippen molar-refractivity contribution >= 4 is 5.91 Å². The van der Waals surface area contributed by atoms with Gasteiger partial charge in [-0.15, -0.1) is 0 Å². The number of hydrogen-bond acceptors (Lipinski definition) is 2. The van der Waals surface area contributed by atoms with Crippen LogP contribution in [0, 0.1) is 5.92 Å². The molecule has 0 unspecified atom stereocenters. The zero-order valence-corrected chi connectivity index (χ0v) is 10.8. The summed E-state index contributed by atoms with van der Waals surface area (Å²) in [7, 11) is 0. The molecule has 3 heteroatoms. The van der Waals surface area contributed by atoms with E-state index in [9.17, 15) is 4.79 Å². The molecule has 0 atom stereocenters. The van der Waals surface area contributed by atoms with Gasteiger partial charge in [-0.05, 0) is 25.2 Å². The van der Waals surface area contributed by atoms with Gasteiger partial charge in [0.1, 0.15) is 0 Å². The predicted molar refractivity (Wildman–Crippen MR) is 69.8 cm³/mol. The van der Waals surface area contributed by atoms with E-state index in [0.717, 1.165) is 37.9 Å². The lowest BCUT2D eigenvalue weighted by atomic mass is 9.86. The van der Waals surface area contributed by atoms with Crippen molar-refractivity contribution in [3.63, 3.8) is 0 Å². The first-order valence-electron chi connectivity index (χ1n) is 7.34. The molecule has 0 saturated heterocycles. The number of rotatable bonds is 7. The van der Waals surface area contributed by atoms with Crippen LogP contribution >= 0.6 is 0 Å². The van der Waals surface area contributed by atoms with Gasteiger partial charge in [-0.3, -0.25) is 4.79 Å². The zero-order chi connectivity index (χ0) is 11.9. The molecular formula is C14H26N2O. The molecule has 2 N–H and O–H groups in total. The molecule has 0 bridgehead atoms. The molecule has 0 aromatic heterocycles. The molecule has 2 rings (SSSR count). The van der Waals surface area contributed by atoms with Crippen LogP contribution in [0.4, 0.5) is 0 Å². The SMILES string of the molecule is O=C(CCC1CCCCC1)NCCNC1CC1. The van der Waals surface area contributed by atoms with Gasteiger partial charge in [0.2, 0.25) is 5.91 Å². The van der Waals surface area contributed by atoms with Crippen LogP contribution in [0.3, 0.4) is 0 Å². The quantitative estimate of drug-likeness (QED) is 0.668. The zero-order valence-electron chi connectivity index (χ0n) is 10.8. The van der Waals surface area contributed by atoms with E-state index in [-0.39, 0.29) is 5.91 Å². The van der Waals surface area contributed by atoms with Gasteiger partial charge in [0.15, 0.2) is 0 Å². The van der Waals surface area contributed by atoms with E-state index in [1.54, 1.807) is 0 Å². The highest BCUT2D eigenvalue weighted by molar-refractivity contribution is 5.75. The molecule has 2 aliphatic rings. The van der Waals surface area contributed by atoms with Crippen molar-refractivity contribution < 1.29 is 4.79 Å². The van der Waals surface area contributed by atoms with Gasteiger partial charge < -0.3 is 10.6 Å². The molecule has 1 amide bonds. The van der Waals surface area contributed by atoms with E-state index in [1.807, 2.05) is 0 Å². The minimum atomic E-state index is 0.244. The van der Waals surface area contributed by atoms with Gasteiger partial charge >= 0.3 is 0 Å². The molecule has 2 saturated carbocycles. The number of carbonyl (C=O) groups excluding carboxylic acids is 1. The fourth-order valence-electron chi connectivity index (χ4n) is 2.67. The van der Waals surface area contributed by atoms with Crippen molar-refractivity contribution in [2.45, 2.75) is 63.8 Å². The molecule has 0 radical (unpaired) electrons. The lowest BCUT2D eigenvalue weighted by Gasteiger charge is -2.20. The molecule has 0 aromatic rings. The molecule has 17 heavy (non-hydrogen) atoms. The Morgan fingerprint density at radius 1 is 1.00 bits per heavy atom. The Kier molecular flexibility index (Phi) is 5.30. The van der Waals surface area contributed by atoms with Crippen LogP contribution in [0.1, 0.15) is 57.8 Å². The second kappa shape index (κ2) is 7.00. The fourth-order valence-corrected chi connectivity index (χ4v) is 2.67. The molecule has 3 nitrogen and oxygen atoms in total. The second-order valence-electron chi connectivity index (χ2n) is 5.62. The third kappa shape index (κ3) is 5.53. The summed E-state index contributed by atoms with van der Waals surface area (Å²) in [6.45, 7) is 1.72. The monoisotopic (exact) mass is 238 g/mol. The second-order valence-corrected chi connectivity index (χ2v) is 5.62. The first kappa shape index (κ1) is 12.9. The summed E-state index contributed by atoms with van der Waals surface area (Å²) in [5.74, 6) is 1.06. The van der Waals surface area contributed by atoms with Gasteiger partial charge in [0, 0.05) is 25.6 Å². The minimum Gasteiger partial charge on any atom is -0.355 e. The normalized spacial score (nSPS) is 21.4. The Morgan fingerprint density at radius 3 is 2.47 bits per heavy atom. The molecular weight excluding hydrogens is 212 g/mol. The number of carbonyl (C=O) groups is 1. The minimum absolute atomic E-state index is 0.244. The largest absolute Gasteiger partial charge is 0.355 e. The van der Waals surface area contributed by atoms with E-state index in [4.69, 9.17) is 0 Å². The fraction of sp³-hybridized carbons (Fsp3) is 0.929. The first-order valence-corrected chi connectivity index (χ1v) is 7.34. The molecule has 2 aliphatic carbocycles. The summed E-state index contributed by atoms with van der Waals surface area (Å²) >= 11 is 0. The molecule has 0 spiro atoms. The topological polar surface area (TPSA) is 41.1 Å². The van der Waals surface area contributed by atoms with Crippen molar-refractivity contribution in [3.05, 3.63) is 0 Å². The van der Waals surface area contributed by atoms with Gasteiger partial charge in [-0.1, -0.05) is 32.1 Å². The van der Waals surface area contributed by atoms with Crippen LogP contribution in [-0.2, 0) is 4.79 Å². The van der Waals surface area contributed by atoms with Crippen molar-refractivity contribution in [2.24, 2.45) is 5.92 Å². The molecule has 0 heterocycles. The maximum absolute atomic E-state index is 11.6. The van der Waals surface area contributed by atoms with Gasteiger partial charge in [-0.25, -0.2) is 0 Å². The molecule has 98 valence electrons. The average Bonchev–Trinajstić information content (AvgIpc) is 3.17. The van der Waals surface area contributed by atoms with Gasteiger partial charge in [0.25, 0.3) is 0 Å². The Labute approximate surface area is 105 Å². The summed E-state index contributed by atoms with van der Waals surface area (Å²) in [6, 6.07) is 0.745. The summed E-state index contributed by atoms with van der Waals surface area (Å²) in [6.07, 6.45) is 11.3. The third-order valence-corrected chi connectivity index (χ3v) is 3.96. The average molecular weight is 238 g/mol. The number of nitrogens with one attached hydrogen (secondary N) is 2. The van der Waals surface area contributed by atoms with E-state index >= 15 is 0 Å². The highest BCUT2D eigenvalue weighted by atomic mass is 16.1. The highest BCUT2D eigenvalue weighted by Crippen LogP contribution is 2.27. The smallest absolute Gasteiger partial charge is 0.220 e. The Hall–Kier alpha value is -0.570. The molecule has 2 fully saturated rings. The van der Waals surface area contributed by atoms with E-state index in [1.165, 1.54) is 44.9 Å². The van der Waals surface area contributed by atoms with Crippen LogP contribution < -0.4 is 10.6 Å². The summed E-state index contributed by atoms with van der Waals surface area (Å²) in [5.41, 5.74) is 0. The van der Waals surface area contributed by atoms with Crippen LogP contribution in [0.5, 0.6) is 0 Å². The van der Waals surface area contributed by atoms with Crippen LogP contribution in [0.15, 0.2) is 0 Å². The van der Waals surface area contributed by atoms with Gasteiger partial charge in [-0.2, -0.15) is 0 Å². The lowest BCUT2D eigenvalue weighted by molar-refractivity contribution is -0.121. The third-order valence-electron chi connectivity index (χ3n) is 3.96. The van der Waals surface area contributed by atoms with Gasteiger partial charge in [0.05, 0.1) is 0 Å². The van der Waals surface area contributed by atoms with E-state index < -0.39 is 0 Å². The lowest BCUT2D eigenvalue weighted by Crippen LogP contribution is -2.32. The summed E-state index contributed by atoms with van der Waals surface area (Å²) in [4.78, 5) is 11.6. The van der Waals surface area contributed by atoms with E-state index in [2.05, 4.69) is 10.6 Å². The Morgan fingerprint density at radius 2 is 1.76 bits per heavy atom. The molecule has 0 aromatic carbocycles. The highest BCUT2D eigenvalue weighted by Gasteiger charge is 2.19. The first-order chi connectivity index (χ1) is 8.34. The Bertz CT molecular complexity index is 232. The van der Waals surface area contributed by atoms with Crippen molar-refractivity contribution in [1.29, 1.82) is 0 Å². The standard InChI is InChI=1S/C14H26N2O/c17-14(16-11-10-15-13-7-8-13)9-6-12-4-2-1-3-5-12/h12-13,15H,1-11H2,(H,16,17). The Balaban J connectivity index is 1.44. The van der Waals surface area contributed by atoms with E-state index in [0.29, 0.717) is 0 Å². The van der Waals surface area contributed by atoms with Crippen molar-refractivity contribution in [3.8, 4) is 0 Å². The van der Waals surface area contributed by atoms with Crippen molar-refractivity contribution in [2.75, 3.05) is 13.1 Å². The summed E-state index contributed by atoms with van der Waals surface area (Å²) < 4.78 is 0. The van der Waals surface area contributed by atoms with Crippen LogP contribution in [0.25, 0.3) is 0 Å². The van der Waals surface area contributed by atoms with Crippen LogP contribution in [0.2, 0.25) is 0 Å². The maximum Gasteiger partial charge on any atom is 0.220 e. The summed E-state index contributed by atoms with van der Waals surface area (Å²) in [5, 5.41) is 6.41. The number of hydrogen-bond donors (Lipinski definition) is 2. The number of amides is 1.